The zero-order valence-corrected chi connectivity index (χ0v) is 10.4. The molecule has 0 saturated carbocycles. The van der Waals surface area contributed by atoms with E-state index in [9.17, 15) is 9.90 Å². The summed E-state index contributed by atoms with van der Waals surface area (Å²) in [5.41, 5.74) is 2.01. The van der Waals surface area contributed by atoms with Crippen LogP contribution in [0.15, 0.2) is 36.5 Å². The molecule has 1 aromatic heterocycles. The molecule has 0 aliphatic carbocycles. The summed E-state index contributed by atoms with van der Waals surface area (Å²) in [6.07, 6.45) is 1.37. The Morgan fingerprint density at radius 2 is 1.94 bits per heavy atom. The summed E-state index contributed by atoms with van der Waals surface area (Å²) in [5, 5.41) is 15.9. The predicted molar refractivity (Wildman–Crippen MR) is 68.7 cm³/mol. The van der Waals surface area contributed by atoms with Gasteiger partial charge in [-0.05, 0) is 11.5 Å². The fourth-order valence-electron chi connectivity index (χ4n) is 2.25. The van der Waals surface area contributed by atoms with Gasteiger partial charge in [0.05, 0.1) is 11.9 Å². The van der Waals surface area contributed by atoms with Gasteiger partial charge in [0.15, 0.2) is 0 Å². The Labute approximate surface area is 106 Å². The molecule has 0 fully saturated rings. The largest absolute Gasteiger partial charge is 0.478 e. The number of rotatable bonds is 4. The second-order valence-electron chi connectivity index (χ2n) is 4.63. The van der Waals surface area contributed by atoms with Crippen LogP contribution < -0.4 is 0 Å². The molecule has 0 spiro atoms. The monoisotopic (exact) mass is 244 g/mol. The molecule has 4 heteroatoms. The van der Waals surface area contributed by atoms with Crippen molar-refractivity contribution in [2.75, 3.05) is 0 Å². The first-order chi connectivity index (χ1) is 8.61. The number of nitrogens with one attached hydrogen (secondary N) is 1. The van der Waals surface area contributed by atoms with Gasteiger partial charge in [-0.3, -0.25) is 5.10 Å². The molecule has 1 atom stereocenters. The fraction of sp³-hybridized carbons (Fsp3) is 0.286. The first kappa shape index (κ1) is 12.4. The van der Waals surface area contributed by atoms with Gasteiger partial charge in [0, 0.05) is 5.92 Å². The first-order valence-electron chi connectivity index (χ1n) is 5.92. The second kappa shape index (κ2) is 5.04. The van der Waals surface area contributed by atoms with Crippen molar-refractivity contribution in [3.63, 3.8) is 0 Å². The molecule has 1 unspecified atom stereocenters. The summed E-state index contributed by atoms with van der Waals surface area (Å²) >= 11 is 0. The Kier molecular flexibility index (Phi) is 3.46. The summed E-state index contributed by atoms with van der Waals surface area (Å²) < 4.78 is 0. The summed E-state index contributed by atoms with van der Waals surface area (Å²) in [6.45, 7) is 4.15. The molecule has 0 bridgehead atoms. The van der Waals surface area contributed by atoms with Gasteiger partial charge < -0.3 is 5.11 Å². The molecule has 0 aliphatic heterocycles. The van der Waals surface area contributed by atoms with Gasteiger partial charge in [-0.15, -0.1) is 0 Å². The molecular weight excluding hydrogens is 228 g/mol. The molecule has 1 heterocycles. The molecular formula is C14H16N2O2. The quantitative estimate of drug-likeness (QED) is 0.869. The molecule has 18 heavy (non-hydrogen) atoms. The van der Waals surface area contributed by atoms with Gasteiger partial charge in [0.2, 0.25) is 0 Å². The Hall–Kier alpha value is -2.10. The van der Waals surface area contributed by atoms with Crippen molar-refractivity contribution < 1.29 is 9.90 Å². The summed E-state index contributed by atoms with van der Waals surface area (Å²) in [5.74, 6) is -0.647. The average molecular weight is 244 g/mol. The number of aromatic nitrogens is 2. The molecule has 2 aromatic rings. The molecule has 94 valence electrons. The van der Waals surface area contributed by atoms with Crippen molar-refractivity contribution in [3.05, 3.63) is 53.3 Å². The maximum absolute atomic E-state index is 11.2. The van der Waals surface area contributed by atoms with E-state index in [4.69, 9.17) is 0 Å². The van der Waals surface area contributed by atoms with Gasteiger partial charge >= 0.3 is 5.97 Å². The lowest BCUT2D eigenvalue weighted by atomic mass is 9.84. The van der Waals surface area contributed by atoms with Gasteiger partial charge in [-0.2, -0.15) is 5.10 Å². The molecule has 0 radical (unpaired) electrons. The van der Waals surface area contributed by atoms with Crippen molar-refractivity contribution in [3.8, 4) is 0 Å². The second-order valence-corrected chi connectivity index (χ2v) is 4.63. The van der Waals surface area contributed by atoms with Crippen molar-refractivity contribution in [1.82, 2.24) is 10.2 Å². The molecule has 0 amide bonds. The topological polar surface area (TPSA) is 66.0 Å². The van der Waals surface area contributed by atoms with Crippen LogP contribution in [0.2, 0.25) is 0 Å². The number of carboxylic acids is 1. The number of carboxylic acid groups (broad SMARTS) is 1. The average Bonchev–Trinajstić information content (AvgIpc) is 2.79. The zero-order valence-electron chi connectivity index (χ0n) is 10.4. The van der Waals surface area contributed by atoms with Crippen LogP contribution in [0.4, 0.5) is 0 Å². The molecule has 0 saturated heterocycles. The van der Waals surface area contributed by atoms with Crippen molar-refractivity contribution >= 4 is 5.97 Å². The summed E-state index contributed by atoms with van der Waals surface area (Å²) in [6, 6.07) is 9.89. The summed E-state index contributed by atoms with van der Waals surface area (Å²) in [4.78, 5) is 11.2. The third kappa shape index (κ3) is 2.27. The number of aromatic amines is 1. The van der Waals surface area contributed by atoms with Gasteiger partial charge in [-0.1, -0.05) is 44.2 Å². The number of hydrogen-bond acceptors (Lipinski definition) is 2. The van der Waals surface area contributed by atoms with Crippen LogP contribution in [0.25, 0.3) is 0 Å². The van der Waals surface area contributed by atoms with Crippen molar-refractivity contribution in [2.45, 2.75) is 19.8 Å². The van der Waals surface area contributed by atoms with Crippen LogP contribution >= 0.6 is 0 Å². The van der Waals surface area contributed by atoms with Gasteiger partial charge in [-0.25, -0.2) is 4.79 Å². The highest BCUT2D eigenvalue weighted by Crippen LogP contribution is 2.32. The lowest BCUT2D eigenvalue weighted by Gasteiger charge is -2.20. The number of aromatic carboxylic acids is 1. The highest BCUT2D eigenvalue weighted by molar-refractivity contribution is 5.89. The van der Waals surface area contributed by atoms with E-state index in [2.05, 4.69) is 24.0 Å². The van der Waals surface area contributed by atoms with Crippen molar-refractivity contribution in [2.24, 2.45) is 5.92 Å². The van der Waals surface area contributed by atoms with Gasteiger partial charge in [0.25, 0.3) is 0 Å². The van der Waals surface area contributed by atoms with Crippen molar-refractivity contribution in [1.29, 1.82) is 0 Å². The number of benzene rings is 1. The SMILES string of the molecule is CC(C)C(c1ccccc1)c1[nH]ncc1C(=O)O. The van der Waals surface area contributed by atoms with E-state index in [1.807, 2.05) is 30.3 Å². The third-order valence-corrected chi connectivity index (χ3v) is 3.04. The predicted octanol–water partition coefficient (Wildman–Crippen LogP) is 2.90. The smallest absolute Gasteiger partial charge is 0.339 e. The normalized spacial score (nSPS) is 12.6. The Morgan fingerprint density at radius 3 is 2.50 bits per heavy atom. The van der Waals surface area contributed by atoms with E-state index in [1.165, 1.54) is 6.20 Å². The van der Waals surface area contributed by atoms with E-state index in [0.717, 1.165) is 5.56 Å². The minimum absolute atomic E-state index is 0.0137. The zero-order chi connectivity index (χ0) is 13.1. The lowest BCUT2D eigenvalue weighted by Crippen LogP contribution is -2.13. The number of nitrogens with zero attached hydrogens (tertiary/aromatic N) is 1. The number of hydrogen-bond donors (Lipinski definition) is 2. The Balaban J connectivity index is 2.49. The minimum Gasteiger partial charge on any atom is -0.478 e. The number of carbonyl (C=O) groups is 1. The molecule has 2 rings (SSSR count). The maximum atomic E-state index is 11.2. The van der Waals surface area contributed by atoms with E-state index in [-0.39, 0.29) is 17.4 Å². The highest BCUT2D eigenvalue weighted by atomic mass is 16.4. The fourth-order valence-corrected chi connectivity index (χ4v) is 2.25. The Morgan fingerprint density at radius 1 is 1.28 bits per heavy atom. The van der Waals surface area contributed by atoms with E-state index in [0.29, 0.717) is 5.69 Å². The molecule has 1 aromatic carbocycles. The minimum atomic E-state index is -0.944. The summed E-state index contributed by atoms with van der Waals surface area (Å²) in [7, 11) is 0. The maximum Gasteiger partial charge on any atom is 0.339 e. The standard InChI is InChI=1S/C14H16N2O2/c1-9(2)12(10-6-4-3-5-7-10)13-11(14(17)18)8-15-16-13/h3-9,12H,1-2H3,(H,15,16)(H,17,18). The van der Waals surface area contributed by atoms with Crippen LogP contribution in [0, 0.1) is 5.92 Å². The van der Waals surface area contributed by atoms with Crippen LogP contribution in [0.1, 0.15) is 41.4 Å². The van der Waals surface area contributed by atoms with Crippen LogP contribution in [-0.4, -0.2) is 21.3 Å². The van der Waals surface area contributed by atoms with Gasteiger partial charge in [0.1, 0.15) is 5.56 Å². The van der Waals surface area contributed by atoms with Crippen LogP contribution in [0.5, 0.6) is 0 Å². The molecule has 2 N–H and O–H groups in total. The first-order valence-corrected chi connectivity index (χ1v) is 5.92. The van der Waals surface area contributed by atoms with Crippen LogP contribution in [0.3, 0.4) is 0 Å². The van der Waals surface area contributed by atoms with E-state index >= 15 is 0 Å². The van der Waals surface area contributed by atoms with E-state index < -0.39 is 5.97 Å². The molecule has 0 aliphatic rings. The van der Waals surface area contributed by atoms with E-state index in [1.54, 1.807) is 0 Å². The highest BCUT2D eigenvalue weighted by Gasteiger charge is 2.25. The number of H-pyrrole nitrogens is 1. The van der Waals surface area contributed by atoms with Crippen LogP contribution in [-0.2, 0) is 0 Å². The third-order valence-electron chi connectivity index (χ3n) is 3.04. The Bertz CT molecular complexity index is 532. The molecule has 4 nitrogen and oxygen atoms in total. The lowest BCUT2D eigenvalue weighted by molar-refractivity contribution is 0.0695.